The lowest BCUT2D eigenvalue weighted by Crippen LogP contribution is -2.28. The van der Waals surface area contributed by atoms with Crippen molar-refractivity contribution in [2.45, 2.75) is 17.7 Å². The van der Waals surface area contributed by atoms with Gasteiger partial charge in [0, 0.05) is 24.2 Å². The van der Waals surface area contributed by atoms with Gasteiger partial charge in [-0.1, -0.05) is 18.2 Å². The van der Waals surface area contributed by atoms with Crippen molar-refractivity contribution in [1.29, 1.82) is 0 Å². The highest BCUT2D eigenvalue weighted by atomic mass is 32.2. The zero-order chi connectivity index (χ0) is 18.6. The SMILES string of the molecule is O=C(N/N=C\c1ccccc1F)c1ccc(S(=O)(=O)N2CCCC2)cc1. The number of nitrogens with zero attached hydrogens (tertiary/aromatic N) is 2. The van der Waals surface area contributed by atoms with Gasteiger partial charge in [-0.15, -0.1) is 0 Å². The van der Waals surface area contributed by atoms with Crippen molar-refractivity contribution in [1.82, 2.24) is 9.73 Å². The molecule has 0 aliphatic carbocycles. The minimum absolute atomic E-state index is 0.158. The van der Waals surface area contributed by atoms with Crippen molar-refractivity contribution in [3.8, 4) is 0 Å². The molecule has 0 radical (unpaired) electrons. The molecule has 0 bridgehead atoms. The van der Waals surface area contributed by atoms with Gasteiger partial charge in [-0.3, -0.25) is 4.79 Å². The fourth-order valence-electron chi connectivity index (χ4n) is 2.66. The Labute approximate surface area is 151 Å². The number of rotatable bonds is 5. The monoisotopic (exact) mass is 375 g/mol. The van der Waals surface area contributed by atoms with Crippen LogP contribution in [0, 0.1) is 5.82 Å². The minimum atomic E-state index is -3.51. The van der Waals surface area contributed by atoms with Crippen molar-refractivity contribution in [2.75, 3.05) is 13.1 Å². The lowest BCUT2D eigenvalue weighted by molar-refractivity contribution is 0.0955. The van der Waals surface area contributed by atoms with E-state index in [-0.39, 0.29) is 16.0 Å². The lowest BCUT2D eigenvalue weighted by Gasteiger charge is -2.15. The Morgan fingerprint density at radius 2 is 1.73 bits per heavy atom. The number of carbonyl (C=O) groups is 1. The van der Waals surface area contributed by atoms with Crippen LogP contribution in [0.25, 0.3) is 0 Å². The summed E-state index contributed by atoms with van der Waals surface area (Å²) in [6.07, 6.45) is 2.93. The molecule has 1 aliphatic heterocycles. The number of carbonyl (C=O) groups excluding carboxylic acids is 1. The van der Waals surface area contributed by atoms with Gasteiger partial charge in [-0.2, -0.15) is 9.41 Å². The molecule has 6 nitrogen and oxygen atoms in total. The molecule has 1 amide bonds. The molecule has 0 spiro atoms. The predicted octanol–water partition coefficient (Wildman–Crippen LogP) is 2.37. The molecule has 136 valence electrons. The van der Waals surface area contributed by atoms with Gasteiger partial charge in [-0.05, 0) is 43.2 Å². The standard InChI is InChI=1S/C18H18FN3O3S/c19-17-6-2-1-5-15(17)13-20-21-18(23)14-7-9-16(10-8-14)26(24,25)22-11-3-4-12-22/h1-2,5-10,13H,3-4,11-12H2,(H,21,23)/b20-13-. The van der Waals surface area contributed by atoms with E-state index >= 15 is 0 Å². The van der Waals surface area contributed by atoms with E-state index in [1.54, 1.807) is 12.1 Å². The van der Waals surface area contributed by atoms with Crippen molar-refractivity contribution in [3.63, 3.8) is 0 Å². The van der Waals surface area contributed by atoms with Crippen LogP contribution in [-0.4, -0.2) is 37.9 Å². The molecule has 1 fully saturated rings. The summed E-state index contributed by atoms with van der Waals surface area (Å²) in [7, 11) is -3.51. The lowest BCUT2D eigenvalue weighted by atomic mass is 10.2. The van der Waals surface area contributed by atoms with Gasteiger partial charge in [0.2, 0.25) is 10.0 Å². The molecule has 1 heterocycles. The predicted molar refractivity (Wildman–Crippen MR) is 95.9 cm³/mol. The van der Waals surface area contributed by atoms with E-state index in [0.29, 0.717) is 13.1 Å². The quantitative estimate of drug-likeness (QED) is 0.644. The summed E-state index contributed by atoms with van der Waals surface area (Å²) >= 11 is 0. The van der Waals surface area contributed by atoms with Crippen LogP contribution in [0.5, 0.6) is 0 Å². The summed E-state index contributed by atoms with van der Waals surface area (Å²) in [6, 6.07) is 11.7. The first kappa shape index (κ1) is 18.2. The van der Waals surface area contributed by atoms with Crippen LogP contribution in [0.1, 0.15) is 28.8 Å². The summed E-state index contributed by atoms with van der Waals surface area (Å²) in [5.74, 6) is -0.954. The van der Waals surface area contributed by atoms with Gasteiger partial charge in [0.05, 0.1) is 11.1 Å². The number of hydrogen-bond acceptors (Lipinski definition) is 4. The number of halogens is 1. The van der Waals surface area contributed by atoms with Gasteiger partial charge in [0.25, 0.3) is 5.91 Å². The second kappa shape index (κ2) is 7.76. The van der Waals surface area contributed by atoms with Gasteiger partial charge >= 0.3 is 0 Å². The summed E-state index contributed by atoms with van der Waals surface area (Å²) < 4.78 is 39.8. The third-order valence-corrected chi connectivity index (χ3v) is 6.01. The molecular formula is C18H18FN3O3S. The van der Waals surface area contributed by atoms with Crippen molar-refractivity contribution < 1.29 is 17.6 Å². The summed E-state index contributed by atoms with van der Waals surface area (Å²) in [4.78, 5) is 12.2. The second-order valence-corrected chi connectivity index (χ2v) is 7.79. The first-order valence-electron chi connectivity index (χ1n) is 8.16. The zero-order valence-electron chi connectivity index (χ0n) is 13.9. The van der Waals surface area contributed by atoms with E-state index in [1.807, 2.05) is 0 Å². The van der Waals surface area contributed by atoms with Crippen LogP contribution in [0.15, 0.2) is 58.5 Å². The van der Waals surface area contributed by atoms with Crippen molar-refractivity contribution in [2.24, 2.45) is 5.10 Å². The molecule has 2 aromatic carbocycles. The molecule has 2 aromatic rings. The average Bonchev–Trinajstić information content (AvgIpc) is 3.19. The smallest absolute Gasteiger partial charge is 0.267 e. The number of sulfonamides is 1. The van der Waals surface area contributed by atoms with Crippen LogP contribution >= 0.6 is 0 Å². The summed E-state index contributed by atoms with van der Waals surface area (Å²) in [5.41, 5.74) is 2.80. The molecule has 0 unspecified atom stereocenters. The number of benzene rings is 2. The Kier molecular flexibility index (Phi) is 5.43. The maximum atomic E-state index is 13.5. The highest BCUT2D eigenvalue weighted by Gasteiger charge is 2.27. The van der Waals surface area contributed by atoms with Crippen molar-refractivity contribution >= 4 is 22.1 Å². The Bertz CT molecular complexity index is 921. The van der Waals surface area contributed by atoms with E-state index in [0.717, 1.165) is 12.8 Å². The van der Waals surface area contributed by atoms with E-state index in [2.05, 4.69) is 10.5 Å². The van der Waals surface area contributed by atoms with Gasteiger partial charge in [0.1, 0.15) is 5.82 Å². The molecule has 0 saturated carbocycles. The highest BCUT2D eigenvalue weighted by molar-refractivity contribution is 7.89. The first-order valence-corrected chi connectivity index (χ1v) is 9.60. The Hall–Kier alpha value is -2.58. The van der Waals surface area contributed by atoms with Crippen LogP contribution in [0.2, 0.25) is 0 Å². The zero-order valence-corrected chi connectivity index (χ0v) is 14.7. The minimum Gasteiger partial charge on any atom is -0.267 e. The average molecular weight is 375 g/mol. The van der Waals surface area contributed by atoms with Crippen LogP contribution in [0.4, 0.5) is 4.39 Å². The molecule has 26 heavy (non-hydrogen) atoms. The molecular weight excluding hydrogens is 357 g/mol. The molecule has 8 heteroatoms. The maximum Gasteiger partial charge on any atom is 0.271 e. The fraction of sp³-hybridized carbons (Fsp3) is 0.222. The number of amides is 1. The molecule has 1 aliphatic rings. The van der Waals surface area contributed by atoms with E-state index in [1.165, 1.54) is 46.9 Å². The molecule has 3 rings (SSSR count). The van der Waals surface area contributed by atoms with Gasteiger partial charge in [-0.25, -0.2) is 18.2 Å². The third kappa shape index (κ3) is 3.97. The third-order valence-electron chi connectivity index (χ3n) is 4.09. The van der Waals surface area contributed by atoms with Gasteiger partial charge in [0.15, 0.2) is 0 Å². The molecule has 0 aromatic heterocycles. The molecule has 1 N–H and O–H groups in total. The summed E-state index contributed by atoms with van der Waals surface area (Å²) in [5, 5.41) is 3.72. The highest BCUT2D eigenvalue weighted by Crippen LogP contribution is 2.21. The van der Waals surface area contributed by atoms with Crippen LogP contribution in [0.3, 0.4) is 0 Å². The second-order valence-electron chi connectivity index (χ2n) is 5.86. The number of nitrogens with one attached hydrogen (secondary N) is 1. The van der Waals surface area contributed by atoms with Crippen LogP contribution in [-0.2, 0) is 10.0 Å². The topological polar surface area (TPSA) is 78.8 Å². The van der Waals surface area contributed by atoms with Gasteiger partial charge < -0.3 is 0 Å². The number of hydrogen-bond donors (Lipinski definition) is 1. The van der Waals surface area contributed by atoms with E-state index in [9.17, 15) is 17.6 Å². The molecule has 0 atom stereocenters. The Balaban J connectivity index is 1.66. The number of hydrazone groups is 1. The van der Waals surface area contributed by atoms with Crippen molar-refractivity contribution in [3.05, 3.63) is 65.5 Å². The first-order chi connectivity index (χ1) is 12.5. The summed E-state index contributed by atoms with van der Waals surface area (Å²) in [6.45, 7) is 1.05. The maximum absolute atomic E-state index is 13.5. The van der Waals surface area contributed by atoms with E-state index < -0.39 is 21.7 Å². The van der Waals surface area contributed by atoms with Crippen LogP contribution < -0.4 is 5.43 Å². The largest absolute Gasteiger partial charge is 0.271 e. The Morgan fingerprint density at radius 3 is 2.38 bits per heavy atom. The Morgan fingerprint density at radius 1 is 1.08 bits per heavy atom. The fourth-order valence-corrected chi connectivity index (χ4v) is 4.18. The normalized spacial score (nSPS) is 15.4. The molecule has 1 saturated heterocycles. The van der Waals surface area contributed by atoms with E-state index in [4.69, 9.17) is 0 Å².